The first-order chi connectivity index (χ1) is 36.4. The summed E-state index contributed by atoms with van der Waals surface area (Å²) in [4.78, 5) is 60.0. The third-order valence-corrected chi connectivity index (χ3v) is 17.8. The number of amides is 4. The third kappa shape index (κ3) is 7.17. The standard InChI is InChI=1S/C68H66N2O4/c1-3-5-7-9-11-13-15-17-19-21-39-69-65(71)53-35-31-49-45-27-23-41-43-25-29-47-51-33-37-55-64-56(68(74)70(67(55)73)40-22-20-18-16-14-12-10-8-6-4-2)38-34-52(62(51)64)48-30-26-44(58(43)60(47)48)42-24-28-46(59(45)57(41)42)50-32-36-54(66(69)72)63(53)61(49)50/h23-38H,3-22,39-40H2,1-2H3. The predicted molar refractivity (Wildman–Crippen MR) is 309 cm³/mol. The molecule has 2 aliphatic rings. The summed E-state index contributed by atoms with van der Waals surface area (Å²) in [6, 6.07) is 34.5. The Morgan fingerprint density at radius 2 is 0.405 bits per heavy atom. The number of hydrogen-bond donors (Lipinski definition) is 0. The maximum Gasteiger partial charge on any atom is 0.261 e. The van der Waals surface area contributed by atoms with Crippen molar-refractivity contribution in [2.45, 2.75) is 142 Å². The fraction of sp³-hybridized carbons (Fsp3) is 0.353. The number of rotatable bonds is 22. The Kier molecular flexibility index (Phi) is 12.1. The van der Waals surface area contributed by atoms with Gasteiger partial charge in [0.1, 0.15) is 0 Å². The van der Waals surface area contributed by atoms with Crippen molar-refractivity contribution in [3.05, 3.63) is 119 Å². The molecule has 6 heteroatoms. The number of carbonyl (C=O) groups is 4. The van der Waals surface area contributed by atoms with E-state index in [0.29, 0.717) is 35.3 Å². The quantitative estimate of drug-likeness (QED) is 0.0293. The molecule has 0 unspecified atom stereocenters. The number of nitrogens with zero attached hydrogens (tertiary/aromatic N) is 2. The highest BCUT2D eigenvalue weighted by Crippen LogP contribution is 2.52. The molecule has 11 aromatic rings. The Bertz CT molecular complexity index is 3570. The molecule has 6 nitrogen and oxygen atoms in total. The van der Waals surface area contributed by atoms with Crippen LogP contribution in [0, 0.1) is 0 Å². The Labute approximate surface area is 433 Å². The van der Waals surface area contributed by atoms with Crippen LogP contribution in [0.15, 0.2) is 97.1 Å². The average Bonchev–Trinajstić information content (AvgIpc) is 3.46. The molecule has 2 heterocycles. The fourth-order valence-corrected chi connectivity index (χ4v) is 14.1. The molecule has 0 spiro atoms. The molecule has 11 aromatic carbocycles. The predicted octanol–water partition coefficient (Wildman–Crippen LogP) is 18.6. The lowest BCUT2D eigenvalue weighted by Gasteiger charge is -2.29. The summed E-state index contributed by atoms with van der Waals surface area (Å²) >= 11 is 0. The summed E-state index contributed by atoms with van der Waals surface area (Å²) in [6.07, 6.45) is 24.0. The second-order valence-corrected chi connectivity index (χ2v) is 22.2. The van der Waals surface area contributed by atoms with Crippen molar-refractivity contribution in [2.75, 3.05) is 13.1 Å². The fourth-order valence-electron chi connectivity index (χ4n) is 14.1. The van der Waals surface area contributed by atoms with Gasteiger partial charge in [0.05, 0.1) is 0 Å². The lowest BCUT2D eigenvalue weighted by molar-refractivity contribution is 0.0592. The molecule has 0 bridgehead atoms. The molecule has 13 rings (SSSR count). The van der Waals surface area contributed by atoms with Gasteiger partial charge in [-0.2, -0.15) is 0 Å². The summed E-state index contributed by atoms with van der Waals surface area (Å²) < 4.78 is 0. The summed E-state index contributed by atoms with van der Waals surface area (Å²) in [5.74, 6) is -0.718. The molecule has 2 aliphatic heterocycles. The molecule has 0 saturated heterocycles. The van der Waals surface area contributed by atoms with Crippen LogP contribution in [0.2, 0.25) is 0 Å². The van der Waals surface area contributed by atoms with Crippen molar-refractivity contribution in [3.8, 4) is 0 Å². The Balaban J connectivity index is 0.840. The highest BCUT2D eigenvalue weighted by atomic mass is 16.2. The van der Waals surface area contributed by atoms with Crippen molar-refractivity contribution < 1.29 is 19.2 Å². The summed E-state index contributed by atoms with van der Waals surface area (Å²) in [6.45, 7) is 5.41. The van der Waals surface area contributed by atoms with Crippen molar-refractivity contribution >= 4 is 131 Å². The van der Waals surface area contributed by atoms with Crippen LogP contribution in [0.4, 0.5) is 0 Å². The zero-order chi connectivity index (χ0) is 50.2. The molecular weight excluding hydrogens is 909 g/mol. The lowest BCUT2D eigenvalue weighted by Crippen LogP contribution is -2.40. The third-order valence-electron chi connectivity index (χ3n) is 17.8. The van der Waals surface area contributed by atoms with E-state index >= 15 is 0 Å². The molecule has 74 heavy (non-hydrogen) atoms. The minimum Gasteiger partial charge on any atom is -0.274 e. The summed E-state index contributed by atoms with van der Waals surface area (Å²) in [5, 5.41) is 21.9. The van der Waals surface area contributed by atoms with Gasteiger partial charge in [-0.05, 0) is 134 Å². The van der Waals surface area contributed by atoms with Crippen molar-refractivity contribution in [1.82, 2.24) is 9.80 Å². The molecule has 372 valence electrons. The van der Waals surface area contributed by atoms with Gasteiger partial charge in [0.2, 0.25) is 0 Å². The molecule has 0 fully saturated rings. The number of hydrogen-bond acceptors (Lipinski definition) is 4. The van der Waals surface area contributed by atoms with E-state index in [1.165, 1.54) is 143 Å². The maximum absolute atomic E-state index is 14.3. The van der Waals surface area contributed by atoms with Crippen LogP contribution in [-0.4, -0.2) is 46.5 Å². The zero-order valence-electron chi connectivity index (χ0n) is 43.3. The van der Waals surface area contributed by atoms with Crippen LogP contribution in [0.5, 0.6) is 0 Å². The highest BCUT2D eigenvalue weighted by Gasteiger charge is 2.36. The normalized spacial score (nSPS) is 14.2. The molecule has 0 saturated carbocycles. The van der Waals surface area contributed by atoms with Crippen LogP contribution in [-0.2, 0) is 0 Å². The molecule has 0 aliphatic carbocycles. The van der Waals surface area contributed by atoms with Gasteiger partial charge in [-0.15, -0.1) is 0 Å². The van der Waals surface area contributed by atoms with E-state index in [9.17, 15) is 19.2 Å². The van der Waals surface area contributed by atoms with Crippen LogP contribution in [0.25, 0.3) is 108 Å². The Hall–Kier alpha value is -6.92. The molecule has 0 radical (unpaired) electrons. The van der Waals surface area contributed by atoms with E-state index in [2.05, 4.69) is 86.6 Å². The van der Waals surface area contributed by atoms with Crippen LogP contribution in [0.3, 0.4) is 0 Å². The number of imide groups is 2. The topological polar surface area (TPSA) is 74.8 Å². The first-order valence-electron chi connectivity index (χ1n) is 28.5. The second-order valence-electron chi connectivity index (χ2n) is 22.2. The summed E-state index contributed by atoms with van der Waals surface area (Å²) in [7, 11) is 0. The Morgan fingerprint density at radius 3 is 0.622 bits per heavy atom. The van der Waals surface area contributed by atoms with E-state index in [1.54, 1.807) is 0 Å². The van der Waals surface area contributed by atoms with Gasteiger partial charge in [-0.1, -0.05) is 202 Å². The smallest absolute Gasteiger partial charge is 0.261 e. The van der Waals surface area contributed by atoms with Gasteiger partial charge in [0, 0.05) is 46.1 Å². The van der Waals surface area contributed by atoms with Crippen molar-refractivity contribution in [1.29, 1.82) is 0 Å². The molecule has 0 N–H and O–H groups in total. The first-order valence-corrected chi connectivity index (χ1v) is 28.5. The van der Waals surface area contributed by atoms with E-state index in [0.717, 1.165) is 103 Å². The monoisotopic (exact) mass is 975 g/mol. The van der Waals surface area contributed by atoms with Gasteiger partial charge in [-0.3, -0.25) is 29.0 Å². The SMILES string of the molecule is CCCCCCCCCCCCN1C(=O)c2ccc3c4ccc5c6ccc7c8ccc9c%10c(ccc(c%11ccc(c%12ccc(c%13ccc(c2c3%13)C1=O)c4c5%12)c6c7%11)c%108)C(=O)N(CCCCCCCCCCCC)C9=O. The average molecular weight is 975 g/mol. The zero-order valence-corrected chi connectivity index (χ0v) is 43.3. The molecule has 4 amide bonds. The molecule has 0 atom stereocenters. The molecule has 0 aromatic heterocycles. The van der Waals surface area contributed by atoms with Crippen molar-refractivity contribution in [2.24, 2.45) is 0 Å². The highest BCUT2D eigenvalue weighted by molar-refractivity contribution is 6.47. The van der Waals surface area contributed by atoms with Gasteiger partial charge >= 0.3 is 0 Å². The number of unbranched alkanes of at least 4 members (excludes halogenated alkanes) is 18. The van der Waals surface area contributed by atoms with Gasteiger partial charge in [0.25, 0.3) is 23.6 Å². The number of carbonyl (C=O) groups excluding carboxylic acids is 4. The second kappa shape index (κ2) is 19.1. The number of fused-ring (bicyclic) bond motifs is 6. The largest absolute Gasteiger partial charge is 0.274 e. The van der Waals surface area contributed by atoms with Crippen LogP contribution in [0.1, 0.15) is 184 Å². The minimum absolute atomic E-state index is 0.179. The van der Waals surface area contributed by atoms with E-state index in [-0.39, 0.29) is 23.6 Å². The van der Waals surface area contributed by atoms with Gasteiger partial charge in [0.15, 0.2) is 0 Å². The van der Waals surface area contributed by atoms with Gasteiger partial charge < -0.3 is 0 Å². The van der Waals surface area contributed by atoms with Crippen molar-refractivity contribution in [3.63, 3.8) is 0 Å². The van der Waals surface area contributed by atoms with E-state index in [1.807, 2.05) is 24.3 Å². The Morgan fingerprint density at radius 1 is 0.230 bits per heavy atom. The van der Waals surface area contributed by atoms with Gasteiger partial charge in [-0.25, -0.2) is 0 Å². The van der Waals surface area contributed by atoms with Crippen LogP contribution >= 0.6 is 0 Å². The van der Waals surface area contributed by atoms with E-state index in [4.69, 9.17) is 0 Å². The van der Waals surface area contributed by atoms with Crippen LogP contribution < -0.4 is 0 Å². The maximum atomic E-state index is 14.3. The van der Waals surface area contributed by atoms with E-state index < -0.39 is 0 Å². The number of benzene rings is 11. The summed E-state index contributed by atoms with van der Waals surface area (Å²) in [5.41, 5.74) is 2.49. The minimum atomic E-state index is -0.179. The first kappa shape index (κ1) is 46.8. The molecular formula is C68H66N2O4. The lowest BCUT2D eigenvalue weighted by atomic mass is 9.80.